The Morgan fingerprint density at radius 1 is 1.63 bits per heavy atom. The van der Waals surface area contributed by atoms with E-state index in [0.29, 0.717) is 24.9 Å². The minimum atomic E-state index is -0.299. The molecule has 0 radical (unpaired) electrons. The molecule has 1 aliphatic heterocycles. The maximum atomic E-state index is 12.1. The molecule has 1 aromatic heterocycles. The van der Waals surface area contributed by atoms with E-state index >= 15 is 0 Å². The lowest BCUT2D eigenvalue weighted by Gasteiger charge is -2.30. The summed E-state index contributed by atoms with van der Waals surface area (Å²) in [4.78, 5) is 28.9. The molecule has 0 aliphatic carbocycles. The van der Waals surface area contributed by atoms with E-state index in [1.807, 2.05) is 0 Å². The van der Waals surface area contributed by atoms with Gasteiger partial charge in [0.25, 0.3) is 5.91 Å². The summed E-state index contributed by atoms with van der Waals surface area (Å²) in [5, 5.41) is 3.11. The summed E-state index contributed by atoms with van der Waals surface area (Å²) < 4.78 is 0. The highest BCUT2D eigenvalue weighted by atomic mass is 35.5. The largest absolute Gasteiger partial charge is 0.384 e. The summed E-state index contributed by atoms with van der Waals surface area (Å²) in [6.07, 6.45) is 2.42. The number of hydrogen-bond donors (Lipinski definition) is 2. The number of likely N-dealkylation sites (N-methyl/N-ethyl adjacent to an activating group) is 1. The monoisotopic (exact) mass is 282 g/mol. The average Bonchev–Trinajstić information content (AvgIpc) is 2.36. The molecule has 3 N–H and O–H groups in total. The van der Waals surface area contributed by atoms with Gasteiger partial charge in [-0.15, -0.1) is 0 Å². The SMILES string of the molecule is CN1CC(NC(=O)c2cc(N)ncc2Cl)CCC1=O. The van der Waals surface area contributed by atoms with Crippen LogP contribution in [0.15, 0.2) is 12.3 Å². The first-order valence-electron chi connectivity index (χ1n) is 5.93. The van der Waals surface area contributed by atoms with Gasteiger partial charge in [0.05, 0.1) is 10.6 Å². The summed E-state index contributed by atoms with van der Waals surface area (Å²) >= 11 is 5.92. The number of nitrogens with one attached hydrogen (secondary N) is 1. The number of nitrogen functional groups attached to an aromatic ring is 1. The molecule has 6 nitrogen and oxygen atoms in total. The lowest BCUT2D eigenvalue weighted by atomic mass is 10.1. The molecule has 7 heteroatoms. The van der Waals surface area contributed by atoms with Gasteiger partial charge in [-0.05, 0) is 12.5 Å². The number of halogens is 1. The second-order valence-corrected chi connectivity index (χ2v) is 4.98. The summed E-state index contributed by atoms with van der Waals surface area (Å²) in [5.74, 6) is 0.0361. The molecule has 0 bridgehead atoms. The first kappa shape index (κ1) is 13.6. The number of nitrogens with two attached hydrogens (primary N) is 1. The predicted octanol–water partition coefficient (Wildman–Crippen LogP) is 0.668. The van der Waals surface area contributed by atoms with Gasteiger partial charge in [0.15, 0.2) is 0 Å². The molecule has 102 valence electrons. The summed E-state index contributed by atoms with van der Waals surface area (Å²) in [6, 6.07) is 1.37. The quantitative estimate of drug-likeness (QED) is 0.834. The number of carbonyl (C=O) groups is 2. The number of amides is 2. The molecule has 1 fully saturated rings. The second-order valence-electron chi connectivity index (χ2n) is 4.57. The number of aromatic nitrogens is 1. The van der Waals surface area contributed by atoms with Gasteiger partial charge in [0.1, 0.15) is 5.82 Å². The van der Waals surface area contributed by atoms with Gasteiger partial charge in [0.2, 0.25) is 5.91 Å². The molecule has 1 aromatic rings. The number of carbonyl (C=O) groups excluding carboxylic acids is 2. The number of hydrogen-bond acceptors (Lipinski definition) is 4. The van der Waals surface area contributed by atoms with Gasteiger partial charge in [0, 0.05) is 32.3 Å². The molecule has 2 amide bonds. The van der Waals surface area contributed by atoms with Crippen molar-refractivity contribution in [3.63, 3.8) is 0 Å². The summed E-state index contributed by atoms with van der Waals surface area (Å²) in [7, 11) is 1.72. The minimum absolute atomic E-state index is 0.0688. The van der Waals surface area contributed by atoms with Gasteiger partial charge < -0.3 is 16.0 Å². The van der Waals surface area contributed by atoms with Crippen molar-refractivity contribution < 1.29 is 9.59 Å². The van der Waals surface area contributed by atoms with Crippen molar-refractivity contribution in [1.29, 1.82) is 0 Å². The van der Waals surface area contributed by atoms with Crippen molar-refractivity contribution in [3.8, 4) is 0 Å². The van der Waals surface area contributed by atoms with E-state index < -0.39 is 0 Å². The molecule has 19 heavy (non-hydrogen) atoms. The molecule has 1 saturated heterocycles. The van der Waals surface area contributed by atoms with Crippen LogP contribution in [0, 0.1) is 0 Å². The normalized spacial score (nSPS) is 19.4. The molecule has 1 aliphatic rings. The molecule has 2 heterocycles. The molecule has 1 unspecified atom stereocenters. The average molecular weight is 283 g/mol. The van der Waals surface area contributed by atoms with E-state index in [-0.39, 0.29) is 28.7 Å². The number of piperidine rings is 1. The number of pyridine rings is 1. The van der Waals surface area contributed by atoms with Gasteiger partial charge in [-0.1, -0.05) is 11.6 Å². The van der Waals surface area contributed by atoms with E-state index in [1.54, 1.807) is 11.9 Å². The second kappa shape index (κ2) is 5.44. The van der Waals surface area contributed by atoms with Crippen molar-refractivity contribution in [3.05, 3.63) is 22.8 Å². The lowest BCUT2D eigenvalue weighted by molar-refractivity contribution is -0.132. The Bertz CT molecular complexity index is 520. The smallest absolute Gasteiger partial charge is 0.253 e. The zero-order chi connectivity index (χ0) is 14.0. The van der Waals surface area contributed by atoms with Gasteiger partial charge in [-0.25, -0.2) is 4.98 Å². The van der Waals surface area contributed by atoms with Crippen molar-refractivity contribution in [2.24, 2.45) is 0 Å². The first-order valence-corrected chi connectivity index (χ1v) is 6.31. The Balaban J connectivity index is 2.05. The maximum Gasteiger partial charge on any atom is 0.253 e. The fourth-order valence-corrected chi connectivity index (χ4v) is 2.21. The van der Waals surface area contributed by atoms with Crippen molar-refractivity contribution in [2.75, 3.05) is 19.3 Å². The zero-order valence-electron chi connectivity index (χ0n) is 10.5. The van der Waals surface area contributed by atoms with E-state index in [0.717, 1.165) is 0 Å². The van der Waals surface area contributed by atoms with E-state index in [2.05, 4.69) is 10.3 Å². The van der Waals surface area contributed by atoms with Crippen molar-refractivity contribution >= 4 is 29.2 Å². The van der Waals surface area contributed by atoms with Crippen LogP contribution >= 0.6 is 11.6 Å². The van der Waals surface area contributed by atoms with E-state index in [9.17, 15) is 9.59 Å². The van der Waals surface area contributed by atoms with Crippen LogP contribution in [0.1, 0.15) is 23.2 Å². The first-order chi connectivity index (χ1) is 8.97. The number of anilines is 1. The topological polar surface area (TPSA) is 88.3 Å². The van der Waals surface area contributed by atoms with Crippen LogP contribution in [-0.4, -0.2) is 41.3 Å². The molecule has 0 saturated carbocycles. The highest BCUT2D eigenvalue weighted by molar-refractivity contribution is 6.33. The van der Waals surface area contributed by atoms with Crippen LogP contribution in [0.3, 0.4) is 0 Å². The minimum Gasteiger partial charge on any atom is -0.384 e. The Labute approximate surface area is 115 Å². The fourth-order valence-electron chi connectivity index (χ4n) is 2.02. The predicted molar refractivity (Wildman–Crippen MR) is 71.8 cm³/mol. The van der Waals surface area contributed by atoms with E-state index in [1.165, 1.54) is 12.3 Å². The molecule has 1 atom stereocenters. The summed E-state index contributed by atoms with van der Waals surface area (Å²) in [6.45, 7) is 0.503. The third kappa shape index (κ3) is 3.14. The number of nitrogens with zero attached hydrogens (tertiary/aromatic N) is 2. The van der Waals surface area contributed by atoms with Crippen LogP contribution in [0.5, 0.6) is 0 Å². The third-order valence-corrected chi connectivity index (χ3v) is 3.38. The third-order valence-electron chi connectivity index (χ3n) is 3.08. The standard InChI is InChI=1S/C12H15ClN4O2/c1-17-6-7(2-3-11(17)18)16-12(19)8-4-10(14)15-5-9(8)13/h4-5,7H,2-3,6H2,1H3,(H2,14,15)(H,16,19). The van der Waals surface area contributed by atoms with Crippen LogP contribution in [-0.2, 0) is 4.79 Å². The van der Waals surface area contributed by atoms with Gasteiger partial charge in [-0.3, -0.25) is 9.59 Å². The highest BCUT2D eigenvalue weighted by Crippen LogP contribution is 2.17. The Hall–Kier alpha value is -1.82. The number of likely N-dealkylation sites (tertiary alicyclic amines) is 1. The van der Waals surface area contributed by atoms with Gasteiger partial charge in [-0.2, -0.15) is 0 Å². The van der Waals surface area contributed by atoms with Gasteiger partial charge >= 0.3 is 0 Å². The molecular formula is C12H15ClN4O2. The number of rotatable bonds is 2. The Morgan fingerprint density at radius 3 is 3.05 bits per heavy atom. The van der Waals surface area contributed by atoms with E-state index in [4.69, 9.17) is 17.3 Å². The summed E-state index contributed by atoms with van der Waals surface area (Å²) in [5.41, 5.74) is 5.84. The highest BCUT2D eigenvalue weighted by Gasteiger charge is 2.25. The Kier molecular flexibility index (Phi) is 3.90. The molecule has 0 aromatic carbocycles. The fraction of sp³-hybridized carbons (Fsp3) is 0.417. The Morgan fingerprint density at radius 2 is 2.37 bits per heavy atom. The van der Waals surface area contributed by atoms with Crippen LogP contribution in [0.25, 0.3) is 0 Å². The molecule has 0 spiro atoms. The lowest BCUT2D eigenvalue weighted by Crippen LogP contribution is -2.48. The van der Waals surface area contributed by atoms with Crippen molar-refractivity contribution in [2.45, 2.75) is 18.9 Å². The van der Waals surface area contributed by atoms with Crippen LogP contribution < -0.4 is 11.1 Å². The molecular weight excluding hydrogens is 268 g/mol. The molecule has 2 rings (SSSR count). The van der Waals surface area contributed by atoms with Crippen molar-refractivity contribution in [1.82, 2.24) is 15.2 Å². The zero-order valence-corrected chi connectivity index (χ0v) is 11.3. The van der Waals surface area contributed by atoms with Crippen LogP contribution in [0.4, 0.5) is 5.82 Å². The maximum absolute atomic E-state index is 12.1. The van der Waals surface area contributed by atoms with Crippen LogP contribution in [0.2, 0.25) is 5.02 Å².